The van der Waals surface area contributed by atoms with Gasteiger partial charge in [0, 0.05) is 25.4 Å². The first-order valence-electron chi connectivity index (χ1n) is 9.62. The Balaban J connectivity index is 1.67. The van der Waals surface area contributed by atoms with Crippen LogP contribution in [0.5, 0.6) is 0 Å². The summed E-state index contributed by atoms with van der Waals surface area (Å²) >= 11 is 0. The normalized spacial score (nSPS) is 22.9. The Kier molecular flexibility index (Phi) is 6.69. The molecule has 1 aromatic rings. The highest BCUT2D eigenvalue weighted by Crippen LogP contribution is 2.25. The molecular weight excluding hydrogens is 328 g/mol. The SMILES string of the molecule is CC(C)=CCO[C@H]1CCOC[C@H]1NC(=O)c1ccccc1N1CCCC1. The van der Waals surface area contributed by atoms with E-state index in [0.717, 1.165) is 30.8 Å². The Morgan fingerprint density at radius 1 is 1.31 bits per heavy atom. The summed E-state index contributed by atoms with van der Waals surface area (Å²) in [6.07, 6.45) is 5.23. The zero-order valence-corrected chi connectivity index (χ0v) is 15.9. The van der Waals surface area contributed by atoms with Crippen LogP contribution in [0.3, 0.4) is 0 Å². The maximum absolute atomic E-state index is 13.0. The molecule has 2 saturated heterocycles. The number of rotatable bonds is 6. The Hall–Kier alpha value is -1.85. The van der Waals surface area contributed by atoms with Crippen molar-refractivity contribution in [1.29, 1.82) is 0 Å². The van der Waals surface area contributed by atoms with Crippen LogP contribution in [0.2, 0.25) is 0 Å². The average molecular weight is 358 g/mol. The quantitative estimate of drug-likeness (QED) is 0.794. The lowest BCUT2D eigenvalue weighted by Crippen LogP contribution is -2.50. The van der Waals surface area contributed by atoms with E-state index in [1.54, 1.807) is 0 Å². The highest BCUT2D eigenvalue weighted by molar-refractivity contribution is 6.00. The summed E-state index contributed by atoms with van der Waals surface area (Å²) in [6, 6.07) is 7.76. The number of amides is 1. The van der Waals surface area contributed by atoms with Crippen LogP contribution in [-0.2, 0) is 9.47 Å². The smallest absolute Gasteiger partial charge is 0.253 e. The zero-order chi connectivity index (χ0) is 18.4. The van der Waals surface area contributed by atoms with Gasteiger partial charge in [-0.3, -0.25) is 4.79 Å². The van der Waals surface area contributed by atoms with Gasteiger partial charge in [-0.25, -0.2) is 0 Å². The van der Waals surface area contributed by atoms with Crippen molar-refractivity contribution in [3.05, 3.63) is 41.5 Å². The fourth-order valence-corrected chi connectivity index (χ4v) is 3.54. The number of para-hydroxylation sites is 1. The van der Waals surface area contributed by atoms with E-state index < -0.39 is 0 Å². The van der Waals surface area contributed by atoms with E-state index in [0.29, 0.717) is 19.8 Å². The second-order valence-corrected chi connectivity index (χ2v) is 7.31. The van der Waals surface area contributed by atoms with Crippen LogP contribution in [0.25, 0.3) is 0 Å². The molecule has 0 aliphatic carbocycles. The first-order valence-corrected chi connectivity index (χ1v) is 9.62. The van der Waals surface area contributed by atoms with Crippen molar-refractivity contribution in [2.24, 2.45) is 0 Å². The van der Waals surface area contributed by atoms with Gasteiger partial charge in [-0.15, -0.1) is 0 Å². The molecule has 26 heavy (non-hydrogen) atoms. The maximum Gasteiger partial charge on any atom is 0.253 e. The molecule has 5 nitrogen and oxygen atoms in total. The van der Waals surface area contributed by atoms with Gasteiger partial charge in [0.2, 0.25) is 0 Å². The largest absolute Gasteiger partial charge is 0.379 e. The molecule has 5 heteroatoms. The predicted molar refractivity (Wildman–Crippen MR) is 104 cm³/mol. The van der Waals surface area contributed by atoms with Gasteiger partial charge >= 0.3 is 0 Å². The Bertz CT molecular complexity index is 634. The number of benzene rings is 1. The molecule has 0 aromatic heterocycles. The molecule has 2 atom stereocenters. The number of nitrogens with zero attached hydrogens (tertiary/aromatic N) is 1. The van der Waals surface area contributed by atoms with Crippen LogP contribution in [0.1, 0.15) is 43.5 Å². The Morgan fingerprint density at radius 3 is 2.85 bits per heavy atom. The molecule has 142 valence electrons. The molecule has 1 N–H and O–H groups in total. The third-order valence-electron chi connectivity index (χ3n) is 5.01. The Morgan fingerprint density at radius 2 is 2.08 bits per heavy atom. The van der Waals surface area contributed by atoms with Gasteiger partial charge in [-0.1, -0.05) is 23.8 Å². The molecular formula is C21H30N2O3. The fraction of sp³-hybridized carbons (Fsp3) is 0.571. The van der Waals surface area contributed by atoms with Crippen LogP contribution < -0.4 is 10.2 Å². The van der Waals surface area contributed by atoms with Crippen LogP contribution in [-0.4, -0.2) is 51.0 Å². The van der Waals surface area contributed by atoms with Crippen LogP contribution in [0.4, 0.5) is 5.69 Å². The number of hydrogen-bond donors (Lipinski definition) is 1. The average Bonchev–Trinajstić information content (AvgIpc) is 3.17. The number of carbonyl (C=O) groups excluding carboxylic acids is 1. The Labute approximate surface area is 156 Å². The van der Waals surface area contributed by atoms with Crippen molar-refractivity contribution in [2.75, 3.05) is 37.8 Å². The predicted octanol–water partition coefficient (Wildman–Crippen LogP) is 3.16. The molecule has 0 saturated carbocycles. The monoisotopic (exact) mass is 358 g/mol. The number of anilines is 1. The molecule has 0 bridgehead atoms. The molecule has 2 heterocycles. The third kappa shape index (κ3) is 4.86. The summed E-state index contributed by atoms with van der Waals surface area (Å²) in [6.45, 7) is 7.90. The van der Waals surface area contributed by atoms with Gasteiger partial charge < -0.3 is 19.7 Å². The van der Waals surface area contributed by atoms with Crippen LogP contribution in [0.15, 0.2) is 35.9 Å². The second kappa shape index (κ2) is 9.19. The van der Waals surface area contributed by atoms with E-state index in [2.05, 4.69) is 30.1 Å². The maximum atomic E-state index is 13.0. The standard InChI is InChI=1S/C21H30N2O3/c1-16(2)9-14-26-20-10-13-25-15-18(20)22-21(24)17-7-3-4-8-19(17)23-11-5-6-12-23/h3-4,7-9,18,20H,5-6,10-15H2,1-2H3,(H,22,24)/t18-,20+/m1/s1. The van der Waals surface area contributed by atoms with Gasteiger partial charge in [-0.2, -0.15) is 0 Å². The van der Waals surface area contributed by atoms with Crippen molar-refractivity contribution >= 4 is 11.6 Å². The third-order valence-corrected chi connectivity index (χ3v) is 5.01. The van der Waals surface area contributed by atoms with Gasteiger partial charge in [0.15, 0.2) is 0 Å². The number of nitrogens with one attached hydrogen (secondary N) is 1. The van der Waals surface area contributed by atoms with Gasteiger partial charge in [0.05, 0.1) is 30.9 Å². The lowest BCUT2D eigenvalue weighted by atomic mass is 10.0. The summed E-state index contributed by atoms with van der Waals surface area (Å²) in [7, 11) is 0. The summed E-state index contributed by atoms with van der Waals surface area (Å²) < 4.78 is 11.6. The summed E-state index contributed by atoms with van der Waals surface area (Å²) in [5.74, 6) is -0.0428. The summed E-state index contributed by atoms with van der Waals surface area (Å²) in [5.41, 5.74) is 3.00. The highest BCUT2D eigenvalue weighted by atomic mass is 16.5. The van der Waals surface area contributed by atoms with E-state index in [4.69, 9.17) is 9.47 Å². The van der Waals surface area contributed by atoms with E-state index in [1.165, 1.54) is 18.4 Å². The van der Waals surface area contributed by atoms with Crippen molar-refractivity contribution in [2.45, 2.75) is 45.3 Å². The molecule has 0 unspecified atom stereocenters. The van der Waals surface area contributed by atoms with E-state index in [-0.39, 0.29) is 18.1 Å². The molecule has 1 aromatic carbocycles. The molecule has 2 aliphatic rings. The molecule has 1 amide bonds. The summed E-state index contributed by atoms with van der Waals surface area (Å²) in [5, 5.41) is 3.15. The molecule has 3 rings (SSSR count). The van der Waals surface area contributed by atoms with Crippen molar-refractivity contribution in [3.63, 3.8) is 0 Å². The minimum absolute atomic E-state index is 0.0118. The molecule has 2 fully saturated rings. The minimum Gasteiger partial charge on any atom is -0.379 e. The van der Waals surface area contributed by atoms with Crippen molar-refractivity contribution in [1.82, 2.24) is 5.32 Å². The lowest BCUT2D eigenvalue weighted by Gasteiger charge is -2.32. The highest BCUT2D eigenvalue weighted by Gasteiger charge is 2.29. The second-order valence-electron chi connectivity index (χ2n) is 7.31. The van der Waals surface area contributed by atoms with E-state index >= 15 is 0 Å². The molecule has 2 aliphatic heterocycles. The fourth-order valence-electron chi connectivity index (χ4n) is 3.54. The topological polar surface area (TPSA) is 50.8 Å². The van der Waals surface area contributed by atoms with E-state index in [1.807, 2.05) is 24.3 Å². The van der Waals surface area contributed by atoms with Gasteiger partial charge in [0.25, 0.3) is 5.91 Å². The van der Waals surface area contributed by atoms with Crippen molar-refractivity contribution in [3.8, 4) is 0 Å². The van der Waals surface area contributed by atoms with Crippen molar-refractivity contribution < 1.29 is 14.3 Å². The van der Waals surface area contributed by atoms with Crippen LogP contribution in [0, 0.1) is 0 Å². The number of ether oxygens (including phenoxy) is 2. The van der Waals surface area contributed by atoms with E-state index in [9.17, 15) is 4.79 Å². The first kappa shape index (κ1) is 18.9. The number of hydrogen-bond acceptors (Lipinski definition) is 4. The minimum atomic E-state index is -0.117. The molecule has 0 radical (unpaired) electrons. The van der Waals surface area contributed by atoms with Gasteiger partial charge in [0.1, 0.15) is 0 Å². The number of allylic oxidation sites excluding steroid dienone is 1. The zero-order valence-electron chi connectivity index (χ0n) is 15.9. The van der Waals surface area contributed by atoms with Gasteiger partial charge in [-0.05, 0) is 45.2 Å². The number of carbonyl (C=O) groups is 1. The molecule has 0 spiro atoms. The summed E-state index contributed by atoms with van der Waals surface area (Å²) in [4.78, 5) is 15.3. The first-order chi connectivity index (χ1) is 12.6. The lowest BCUT2D eigenvalue weighted by molar-refractivity contribution is -0.0457. The van der Waals surface area contributed by atoms with Crippen LogP contribution >= 0.6 is 0 Å².